The van der Waals surface area contributed by atoms with E-state index >= 15 is 0 Å². The molecular weight excluding hydrogens is 673 g/mol. The zero-order valence-electron chi connectivity index (χ0n) is 26.6. The number of piperazine rings is 1. The molecule has 1 atom stereocenters. The first-order valence-corrected chi connectivity index (χ1v) is 17.1. The number of carbonyl (C=O) groups is 2. The molecule has 6 nitrogen and oxygen atoms in total. The first kappa shape index (κ1) is 36.2. The predicted molar refractivity (Wildman–Crippen MR) is 185 cm³/mol. The van der Waals surface area contributed by atoms with E-state index < -0.39 is 11.9 Å². The van der Waals surface area contributed by atoms with Crippen LogP contribution in [0.3, 0.4) is 0 Å². The van der Waals surface area contributed by atoms with Crippen molar-refractivity contribution in [2.45, 2.75) is 41.0 Å². The van der Waals surface area contributed by atoms with Gasteiger partial charge >= 0.3 is 11.9 Å². The van der Waals surface area contributed by atoms with E-state index in [1.165, 1.54) is 35.4 Å². The first-order valence-electron chi connectivity index (χ1n) is 15.9. The maximum absolute atomic E-state index is 14.1. The van der Waals surface area contributed by atoms with E-state index in [0.29, 0.717) is 12.2 Å². The summed E-state index contributed by atoms with van der Waals surface area (Å²) in [5, 5.41) is 16.3. The Morgan fingerprint density at radius 2 is 1.35 bits per heavy atom. The van der Waals surface area contributed by atoms with Gasteiger partial charge in [-0.3, -0.25) is 4.90 Å². The second-order valence-corrected chi connectivity index (χ2v) is 13.5. The van der Waals surface area contributed by atoms with Crippen molar-refractivity contribution in [1.29, 1.82) is 0 Å². The molecule has 0 radical (unpaired) electrons. The molecule has 4 aromatic carbocycles. The zero-order chi connectivity index (χ0) is 34.9. The number of carboxylic acids is 2. The molecule has 0 aromatic heterocycles. The summed E-state index contributed by atoms with van der Waals surface area (Å²) in [5.74, 6) is -3.14. The molecule has 1 fully saturated rings. The van der Waals surface area contributed by atoms with Gasteiger partial charge in [-0.1, -0.05) is 53.7 Å². The Morgan fingerprint density at radius 3 is 1.92 bits per heavy atom. The minimum absolute atomic E-state index is 0.0899. The lowest BCUT2D eigenvalue weighted by molar-refractivity contribution is -0.134. The summed E-state index contributed by atoms with van der Waals surface area (Å²) in [4.78, 5) is 26.3. The Bertz CT molecular complexity index is 1720. The molecule has 49 heavy (non-hydrogen) atoms. The van der Waals surface area contributed by atoms with Gasteiger partial charge in [0.1, 0.15) is 17.5 Å². The third-order valence-corrected chi connectivity index (χ3v) is 10.1. The van der Waals surface area contributed by atoms with E-state index in [-0.39, 0.29) is 29.4 Å². The van der Waals surface area contributed by atoms with Crippen LogP contribution < -0.4 is 0 Å². The summed E-state index contributed by atoms with van der Waals surface area (Å²) in [6.07, 6.45) is 3.82. The van der Waals surface area contributed by atoms with Crippen LogP contribution in [0.25, 0.3) is 0 Å². The minimum atomic E-state index is -1.26. The zero-order valence-corrected chi connectivity index (χ0v) is 28.1. The van der Waals surface area contributed by atoms with Crippen molar-refractivity contribution in [2.24, 2.45) is 0 Å². The average Bonchev–Trinajstić information content (AvgIpc) is 3.23. The number of carboxylic acid groups (broad SMARTS) is 2. The van der Waals surface area contributed by atoms with Crippen molar-refractivity contribution >= 4 is 35.3 Å². The number of halogens is 4. The van der Waals surface area contributed by atoms with Gasteiger partial charge in [0.15, 0.2) is 0 Å². The number of nitrogens with zero attached hydrogens (tertiary/aromatic N) is 2. The molecule has 2 N–H and O–H groups in total. The van der Waals surface area contributed by atoms with Crippen molar-refractivity contribution < 1.29 is 33.0 Å². The quantitative estimate of drug-likeness (QED) is 0.169. The highest BCUT2D eigenvalue weighted by atomic mass is 35.5. The summed E-state index contributed by atoms with van der Waals surface area (Å²) in [6, 6.07) is 24.7. The molecule has 11 heteroatoms. The van der Waals surface area contributed by atoms with Gasteiger partial charge < -0.3 is 15.1 Å². The number of aliphatic carboxylic acids is 2. The van der Waals surface area contributed by atoms with Crippen molar-refractivity contribution in [1.82, 2.24) is 9.80 Å². The minimum Gasteiger partial charge on any atom is -0.478 e. The largest absolute Gasteiger partial charge is 0.478 e. The van der Waals surface area contributed by atoms with Gasteiger partial charge in [0.2, 0.25) is 0 Å². The van der Waals surface area contributed by atoms with Gasteiger partial charge in [0.05, 0.1) is 0 Å². The number of rotatable bonds is 9. The highest BCUT2D eigenvalue weighted by molar-refractivity contribution is 7.99. The van der Waals surface area contributed by atoms with Crippen molar-refractivity contribution in [3.05, 3.63) is 142 Å². The van der Waals surface area contributed by atoms with Gasteiger partial charge in [-0.2, -0.15) is 0 Å². The Kier molecular flexibility index (Phi) is 12.6. The van der Waals surface area contributed by atoms with Crippen LogP contribution in [0, 0.1) is 17.5 Å². The predicted octanol–water partition coefficient (Wildman–Crippen LogP) is 8.45. The summed E-state index contributed by atoms with van der Waals surface area (Å²) in [6.45, 7) is 4.78. The fourth-order valence-electron chi connectivity index (χ4n) is 6.30. The lowest BCUT2D eigenvalue weighted by Crippen LogP contribution is -2.48. The van der Waals surface area contributed by atoms with Crippen molar-refractivity contribution in [2.75, 3.05) is 32.7 Å². The number of benzene rings is 4. The van der Waals surface area contributed by atoms with E-state index in [1.54, 1.807) is 23.9 Å². The molecule has 6 rings (SSSR count). The summed E-state index contributed by atoms with van der Waals surface area (Å²) in [5.41, 5.74) is 4.48. The molecule has 2 aliphatic rings. The SMILES string of the molecule is Fc1ccc(C(CCCN2CCN(C3Cc4ccc(F)cc4Sc4ccc(Cl)cc43)CC2)c2ccc(F)cc2)cc1.O=C(O)/C=C\C(=O)O. The van der Waals surface area contributed by atoms with Crippen LogP contribution in [-0.2, 0) is 16.0 Å². The van der Waals surface area contributed by atoms with Gasteiger partial charge in [0, 0.05) is 65.1 Å². The lowest BCUT2D eigenvalue weighted by atomic mass is 9.87. The maximum Gasteiger partial charge on any atom is 0.328 e. The third kappa shape index (κ3) is 10.2. The molecule has 2 aliphatic heterocycles. The Labute approximate surface area is 292 Å². The van der Waals surface area contributed by atoms with E-state index in [0.717, 1.165) is 77.9 Å². The number of hydrogen-bond donors (Lipinski definition) is 2. The van der Waals surface area contributed by atoms with E-state index in [4.69, 9.17) is 21.8 Å². The van der Waals surface area contributed by atoms with E-state index in [9.17, 15) is 22.8 Å². The maximum atomic E-state index is 14.1. The van der Waals surface area contributed by atoms with Crippen LogP contribution in [-0.4, -0.2) is 64.7 Å². The molecule has 0 saturated carbocycles. The molecular formula is C38H36ClF3N2O4S. The van der Waals surface area contributed by atoms with Crippen LogP contribution >= 0.6 is 23.4 Å². The third-order valence-electron chi connectivity index (χ3n) is 8.72. The summed E-state index contributed by atoms with van der Waals surface area (Å²) >= 11 is 8.08. The van der Waals surface area contributed by atoms with Gasteiger partial charge in [-0.05, 0) is 103 Å². The summed E-state index contributed by atoms with van der Waals surface area (Å²) in [7, 11) is 0. The molecule has 0 bridgehead atoms. The highest BCUT2D eigenvalue weighted by Crippen LogP contribution is 2.44. The molecule has 2 heterocycles. The second kappa shape index (κ2) is 17.0. The lowest BCUT2D eigenvalue weighted by Gasteiger charge is -2.40. The van der Waals surface area contributed by atoms with Crippen LogP contribution in [0.4, 0.5) is 13.2 Å². The van der Waals surface area contributed by atoms with E-state index in [2.05, 4.69) is 21.9 Å². The standard InChI is InChI=1S/C34H32ClF3N2S.C4H4O4/c35-26-8-14-33-31(21-26)32(20-25-7-13-29(38)22-34(25)41-33)40-18-16-39(17-19-40)15-1-2-30(23-3-9-27(36)10-4-23)24-5-11-28(37)12-6-24;5-3(6)1-2-4(7)8/h3-14,21-22,30,32H,1-2,15-20H2;1-2H,(H,5,6)(H,7,8)/b;2-1-. The monoisotopic (exact) mass is 708 g/mol. The second-order valence-electron chi connectivity index (χ2n) is 11.9. The van der Waals surface area contributed by atoms with Gasteiger partial charge in [-0.25, -0.2) is 22.8 Å². The number of hydrogen-bond acceptors (Lipinski definition) is 5. The topological polar surface area (TPSA) is 81.1 Å². The van der Waals surface area contributed by atoms with Crippen LogP contribution in [0.5, 0.6) is 0 Å². The molecule has 0 spiro atoms. The van der Waals surface area contributed by atoms with Crippen LogP contribution in [0.15, 0.2) is 107 Å². The van der Waals surface area contributed by atoms with Crippen molar-refractivity contribution in [3.8, 4) is 0 Å². The normalized spacial score (nSPS) is 16.4. The molecule has 1 saturated heterocycles. The molecule has 1 unspecified atom stereocenters. The van der Waals surface area contributed by atoms with Crippen LogP contribution in [0.2, 0.25) is 5.02 Å². The smallest absolute Gasteiger partial charge is 0.328 e. The van der Waals surface area contributed by atoms with Crippen LogP contribution in [0.1, 0.15) is 47.1 Å². The average molecular weight is 709 g/mol. The number of fused-ring (bicyclic) bond motifs is 2. The summed E-state index contributed by atoms with van der Waals surface area (Å²) < 4.78 is 41.3. The molecule has 4 aromatic rings. The Balaban J connectivity index is 0.000000523. The fourth-order valence-corrected chi connectivity index (χ4v) is 7.62. The van der Waals surface area contributed by atoms with Crippen molar-refractivity contribution in [3.63, 3.8) is 0 Å². The van der Waals surface area contributed by atoms with Gasteiger partial charge in [-0.15, -0.1) is 0 Å². The van der Waals surface area contributed by atoms with E-state index in [1.807, 2.05) is 36.4 Å². The highest BCUT2D eigenvalue weighted by Gasteiger charge is 2.30. The first-order chi connectivity index (χ1) is 23.5. The molecule has 0 amide bonds. The Hall–Kier alpha value is -4.09. The molecule has 0 aliphatic carbocycles. The van der Waals surface area contributed by atoms with Gasteiger partial charge in [0.25, 0.3) is 0 Å². The molecule has 256 valence electrons. The Morgan fingerprint density at radius 1 is 0.776 bits per heavy atom. The fraction of sp³-hybridized carbons (Fsp3) is 0.263.